The monoisotopic (exact) mass is 370 g/mol. The van der Waals surface area contributed by atoms with Gasteiger partial charge < -0.3 is 21.1 Å². The van der Waals surface area contributed by atoms with Gasteiger partial charge in [-0.05, 0) is 24.5 Å². The van der Waals surface area contributed by atoms with E-state index in [0.717, 1.165) is 36.8 Å². The van der Waals surface area contributed by atoms with Crippen LogP contribution in [0.1, 0.15) is 41.6 Å². The summed E-state index contributed by atoms with van der Waals surface area (Å²) in [6, 6.07) is 1.68. The molecule has 0 bridgehead atoms. The van der Waals surface area contributed by atoms with E-state index < -0.39 is 6.09 Å². The van der Waals surface area contributed by atoms with Gasteiger partial charge in [-0.2, -0.15) is 5.10 Å². The highest BCUT2D eigenvalue weighted by atomic mass is 16.4. The number of carbonyl (C=O) groups excluding carboxylic acids is 1. The molecule has 142 valence electrons. The fraction of sp³-hybridized carbons (Fsp3) is 0.444. The molecule has 0 aromatic carbocycles. The zero-order valence-corrected chi connectivity index (χ0v) is 15.0. The third kappa shape index (κ3) is 3.44. The predicted molar refractivity (Wildman–Crippen MR) is 98.4 cm³/mol. The van der Waals surface area contributed by atoms with Crippen LogP contribution in [0.5, 0.6) is 0 Å². The largest absolute Gasteiger partial charge is 0.465 e. The van der Waals surface area contributed by atoms with Gasteiger partial charge in [-0.1, -0.05) is 12.8 Å². The third-order valence-corrected chi connectivity index (χ3v) is 5.15. The van der Waals surface area contributed by atoms with E-state index in [-0.39, 0.29) is 18.0 Å². The molecule has 0 spiro atoms. The maximum Gasteiger partial charge on any atom is 0.404 e. The van der Waals surface area contributed by atoms with Gasteiger partial charge in [0.25, 0.3) is 5.91 Å². The van der Waals surface area contributed by atoms with Gasteiger partial charge in [-0.25, -0.2) is 9.78 Å². The second kappa shape index (κ2) is 6.90. The van der Waals surface area contributed by atoms with Crippen LogP contribution in [0.15, 0.2) is 18.5 Å². The van der Waals surface area contributed by atoms with Crippen molar-refractivity contribution in [1.82, 2.24) is 25.4 Å². The van der Waals surface area contributed by atoms with Crippen LogP contribution >= 0.6 is 0 Å². The summed E-state index contributed by atoms with van der Waals surface area (Å²) >= 11 is 0. The van der Waals surface area contributed by atoms with Gasteiger partial charge >= 0.3 is 6.09 Å². The summed E-state index contributed by atoms with van der Waals surface area (Å²) in [5.41, 5.74) is 2.84. The molecule has 1 fully saturated rings. The molecule has 2 amide bonds. The topological polar surface area (TPSA) is 121 Å². The lowest BCUT2D eigenvalue weighted by atomic mass is 9.90. The quantitative estimate of drug-likeness (QED) is 0.650. The first-order valence-corrected chi connectivity index (χ1v) is 9.08. The predicted octanol–water partition coefficient (Wildman–Crippen LogP) is 1.72. The van der Waals surface area contributed by atoms with Gasteiger partial charge in [-0.3, -0.25) is 9.48 Å². The van der Waals surface area contributed by atoms with Gasteiger partial charge in [0.2, 0.25) is 0 Å². The van der Waals surface area contributed by atoms with E-state index in [1.807, 2.05) is 19.3 Å². The summed E-state index contributed by atoms with van der Waals surface area (Å²) in [6.45, 7) is 0.458. The Morgan fingerprint density at radius 1 is 1.33 bits per heavy atom. The number of nitrogens with zero attached hydrogens (tertiary/aromatic N) is 3. The second-order valence-corrected chi connectivity index (χ2v) is 7.07. The van der Waals surface area contributed by atoms with E-state index in [9.17, 15) is 9.59 Å². The minimum absolute atomic E-state index is 0.0350. The van der Waals surface area contributed by atoms with Crippen LogP contribution in [0.2, 0.25) is 0 Å². The zero-order chi connectivity index (χ0) is 19.0. The van der Waals surface area contributed by atoms with E-state index in [4.69, 9.17) is 5.11 Å². The third-order valence-electron chi connectivity index (χ3n) is 5.15. The fourth-order valence-electron chi connectivity index (χ4n) is 3.91. The highest BCUT2D eigenvalue weighted by Gasteiger charge is 2.29. The number of aryl methyl sites for hydroxylation is 1. The van der Waals surface area contributed by atoms with Crippen LogP contribution in [0.4, 0.5) is 10.6 Å². The lowest BCUT2D eigenvalue weighted by Crippen LogP contribution is -2.48. The molecule has 1 aliphatic heterocycles. The average Bonchev–Trinajstić information content (AvgIpc) is 3.22. The summed E-state index contributed by atoms with van der Waals surface area (Å²) in [4.78, 5) is 28.0. The lowest BCUT2D eigenvalue weighted by Gasteiger charge is -2.32. The maximum atomic E-state index is 12.3. The summed E-state index contributed by atoms with van der Waals surface area (Å²) in [7, 11) is 1.82. The number of hydrogen-bond donors (Lipinski definition) is 4. The van der Waals surface area contributed by atoms with Crippen molar-refractivity contribution < 1.29 is 14.7 Å². The first kappa shape index (κ1) is 17.3. The summed E-state index contributed by atoms with van der Waals surface area (Å²) in [5.74, 6) is 0.513. The van der Waals surface area contributed by atoms with Crippen molar-refractivity contribution in [2.24, 2.45) is 7.05 Å². The number of nitrogens with one attached hydrogen (secondary N) is 3. The smallest absolute Gasteiger partial charge is 0.404 e. The summed E-state index contributed by atoms with van der Waals surface area (Å²) in [5, 5.41) is 22.1. The first-order chi connectivity index (χ1) is 13.0. The molecule has 1 aliphatic carbocycles. The standard InChI is InChI=1S/C18H22N6O3/c1-24-9-11(8-20-24)16-15-10(7-19-17(15)25)6-14(23-16)21-12-4-2-3-5-13(12)22-18(26)27/h6,8-9,12-13,22H,2-5,7H2,1H3,(H,19,25)(H,21,23)(H,26,27)/t12-,13+/m1/s1. The van der Waals surface area contributed by atoms with E-state index in [1.165, 1.54) is 0 Å². The minimum Gasteiger partial charge on any atom is -0.465 e. The molecule has 4 rings (SSSR count). The maximum absolute atomic E-state index is 12.3. The second-order valence-electron chi connectivity index (χ2n) is 7.07. The van der Waals surface area contributed by atoms with Crippen molar-refractivity contribution in [1.29, 1.82) is 0 Å². The number of aromatic nitrogens is 3. The van der Waals surface area contributed by atoms with Gasteiger partial charge in [0.1, 0.15) is 5.82 Å². The van der Waals surface area contributed by atoms with Crippen LogP contribution in [0, 0.1) is 0 Å². The van der Waals surface area contributed by atoms with Crippen molar-refractivity contribution in [3.05, 3.63) is 29.6 Å². The molecule has 2 aromatic heterocycles. The van der Waals surface area contributed by atoms with Crippen LogP contribution < -0.4 is 16.0 Å². The molecule has 2 aliphatic rings. The van der Waals surface area contributed by atoms with E-state index >= 15 is 0 Å². The zero-order valence-electron chi connectivity index (χ0n) is 15.0. The number of carboxylic acid groups (broad SMARTS) is 1. The number of carbonyl (C=O) groups is 2. The van der Waals surface area contributed by atoms with Crippen molar-refractivity contribution >= 4 is 17.8 Å². The summed E-state index contributed by atoms with van der Waals surface area (Å²) in [6.07, 6.45) is 6.20. The molecule has 27 heavy (non-hydrogen) atoms. The van der Waals surface area contributed by atoms with E-state index in [1.54, 1.807) is 10.9 Å². The Labute approximate surface area is 156 Å². The molecule has 0 saturated heterocycles. The Hall–Kier alpha value is -3.10. The highest BCUT2D eigenvalue weighted by Crippen LogP contribution is 2.31. The molecule has 9 nitrogen and oxygen atoms in total. The first-order valence-electron chi connectivity index (χ1n) is 9.08. The molecule has 2 aromatic rings. The van der Waals surface area contributed by atoms with Gasteiger partial charge in [0.05, 0.1) is 23.5 Å². The Morgan fingerprint density at radius 3 is 2.81 bits per heavy atom. The van der Waals surface area contributed by atoms with Crippen molar-refractivity contribution in [2.45, 2.75) is 44.3 Å². The molecule has 3 heterocycles. The molecular weight excluding hydrogens is 348 g/mol. The fourth-order valence-corrected chi connectivity index (χ4v) is 3.91. The van der Waals surface area contributed by atoms with Crippen molar-refractivity contribution in [3.63, 3.8) is 0 Å². The Bertz CT molecular complexity index is 893. The normalized spacial score (nSPS) is 21.4. The SMILES string of the molecule is Cn1cc(-c2nc(N[C@@H]3CCCC[C@@H]3NC(=O)O)cc3c2C(=O)NC3)cn1. The Kier molecular flexibility index (Phi) is 4.43. The van der Waals surface area contributed by atoms with Crippen LogP contribution in [0.25, 0.3) is 11.3 Å². The molecule has 9 heteroatoms. The van der Waals surface area contributed by atoms with Gasteiger partial charge in [0.15, 0.2) is 0 Å². The Balaban J connectivity index is 1.67. The van der Waals surface area contributed by atoms with Crippen LogP contribution in [-0.2, 0) is 13.6 Å². The number of hydrogen-bond acceptors (Lipinski definition) is 5. The van der Waals surface area contributed by atoms with E-state index in [0.29, 0.717) is 23.6 Å². The number of amides is 2. The Morgan fingerprint density at radius 2 is 2.11 bits per heavy atom. The van der Waals surface area contributed by atoms with Crippen LogP contribution in [-0.4, -0.2) is 44.0 Å². The number of rotatable bonds is 4. The summed E-state index contributed by atoms with van der Waals surface area (Å²) < 4.78 is 1.67. The lowest BCUT2D eigenvalue weighted by molar-refractivity contribution is 0.0966. The van der Waals surface area contributed by atoms with Crippen LogP contribution in [0.3, 0.4) is 0 Å². The molecule has 4 N–H and O–H groups in total. The van der Waals surface area contributed by atoms with Crippen molar-refractivity contribution in [3.8, 4) is 11.3 Å². The average molecular weight is 370 g/mol. The number of fused-ring (bicyclic) bond motifs is 1. The minimum atomic E-state index is -1.01. The molecule has 0 radical (unpaired) electrons. The molecule has 2 atom stereocenters. The highest BCUT2D eigenvalue weighted by molar-refractivity contribution is 6.04. The number of anilines is 1. The van der Waals surface area contributed by atoms with E-state index in [2.05, 4.69) is 26.0 Å². The van der Waals surface area contributed by atoms with Crippen molar-refractivity contribution in [2.75, 3.05) is 5.32 Å². The molecule has 0 unspecified atom stereocenters. The number of pyridine rings is 1. The van der Waals surface area contributed by atoms with Gasteiger partial charge in [0, 0.05) is 31.4 Å². The molecular formula is C18H22N6O3. The van der Waals surface area contributed by atoms with Gasteiger partial charge in [-0.15, -0.1) is 0 Å². The molecule has 1 saturated carbocycles.